The molecule has 0 bridgehead atoms. The Kier molecular flexibility index (Phi) is 9.74. The number of hydrogen-bond acceptors (Lipinski definition) is 5. The average Bonchev–Trinajstić information content (AvgIpc) is 3.78. The van der Waals surface area contributed by atoms with Gasteiger partial charge in [-0.25, -0.2) is 9.97 Å². The van der Waals surface area contributed by atoms with Gasteiger partial charge >= 0.3 is 6.18 Å². The van der Waals surface area contributed by atoms with E-state index in [0.29, 0.717) is 12.0 Å². The summed E-state index contributed by atoms with van der Waals surface area (Å²) >= 11 is 1.79. The van der Waals surface area contributed by atoms with Crippen LogP contribution in [-0.4, -0.2) is 40.7 Å². The fourth-order valence-electron chi connectivity index (χ4n) is 6.25. The van der Waals surface area contributed by atoms with Gasteiger partial charge in [0.2, 0.25) is 0 Å². The van der Waals surface area contributed by atoms with Crippen LogP contribution in [0.1, 0.15) is 54.0 Å². The Morgan fingerprint density at radius 1 is 0.909 bits per heavy atom. The first-order valence-electron chi connectivity index (χ1n) is 15.4. The number of hydrogen-bond donors (Lipinski definition) is 2. The van der Waals surface area contributed by atoms with Gasteiger partial charge in [-0.3, -0.25) is 0 Å². The molecule has 5 aromatic rings. The minimum Gasteiger partial charge on any atom is -0.329 e. The van der Waals surface area contributed by atoms with Crippen LogP contribution in [0.15, 0.2) is 84.8 Å². The topological polar surface area (TPSA) is 54.8 Å². The number of nitrogens with one attached hydrogen (secondary N) is 2. The van der Waals surface area contributed by atoms with E-state index in [2.05, 4.69) is 68.2 Å². The van der Waals surface area contributed by atoms with Crippen molar-refractivity contribution in [3.63, 3.8) is 0 Å². The lowest BCUT2D eigenvalue weighted by molar-refractivity contribution is -0.137. The maximum absolute atomic E-state index is 12.7. The number of nitrogens with zero attached hydrogens (tertiary/aromatic N) is 3. The number of benzene rings is 2. The predicted octanol–water partition coefficient (Wildman–Crippen LogP) is 7.92. The van der Waals surface area contributed by atoms with E-state index in [-0.39, 0.29) is 0 Å². The normalized spacial score (nSPS) is 17.1. The van der Waals surface area contributed by atoms with E-state index < -0.39 is 11.7 Å². The molecule has 5 nitrogen and oxygen atoms in total. The number of alkyl halides is 3. The van der Waals surface area contributed by atoms with Gasteiger partial charge in [0.1, 0.15) is 12.0 Å². The lowest BCUT2D eigenvalue weighted by atomic mass is 10.1. The van der Waals surface area contributed by atoms with Crippen LogP contribution >= 0.6 is 11.3 Å². The molecule has 1 aliphatic rings. The first kappa shape index (κ1) is 30.5. The highest BCUT2D eigenvalue weighted by Gasteiger charge is 2.30. The van der Waals surface area contributed by atoms with Crippen molar-refractivity contribution in [3.05, 3.63) is 107 Å². The molecular weight excluding hydrogens is 579 g/mol. The smallest absolute Gasteiger partial charge is 0.329 e. The van der Waals surface area contributed by atoms with Crippen molar-refractivity contribution in [2.24, 2.45) is 5.92 Å². The molecule has 2 N–H and O–H groups in total. The second-order valence-electron chi connectivity index (χ2n) is 11.8. The van der Waals surface area contributed by atoms with Crippen molar-refractivity contribution in [2.75, 3.05) is 26.2 Å². The molecule has 1 fully saturated rings. The number of fused-ring (bicyclic) bond motifs is 1. The van der Waals surface area contributed by atoms with Crippen molar-refractivity contribution in [1.82, 2.24) is 25.2 Å². The van der Waals surface area contributed by atoms with Gasteiger partial charge in [0.15, 0.2) is 0 Å². The Morgan fingerprint density at radius 2 is 1.73 bits per heavy atom. The standard InChI is InChI=1S/C35H38F3N5S/c36-35(37,38)29-10-7-25(8-11-29)13-16-39-14-4-15-40-20-27-9-12-30(18-27)43-22-32(31-21-41-24-42-34(31)43)33-19-28(23-44-33)17-26-5-2-1-3-6-26/h1-3,5-8,10-11,19,21-24,27,30,39-40H,4,9,12-18,20H2. The summed E-state index contributed by atoms with van der Waals surface area (Å²) in [6, 6.07) is 18.8. The van der Waals surface area contributed by atoms with Crippen LogP contribution in [-0.2, 0) is 19.0 Å². The van der Waals surface area contributed by atoms with Crippen LogP contribution in [0, 0.1) is 5.92 Å². The van der Waals surface area contributed by atoms with Crippen molar-refractivity contribution in [3.8, 4) is 10.4 Å². The first-order chi connectivity index (χ1) is 21.4. The average molecular weight is 618 g/mol. The van der Waals surface area contributed by atoms with Gasteiger partial charge in [-0.1, -0.05) is 42.5 Å². The van der Waals surface area contributed by atoms with Gasteiger partial charge in [-0.15, -0.1) is 11.3 Å². The van der Waals surface area contributed by atoms with Crippen LogP contribution < -0.4 is 10.6 Å². The van der Waals surface area contributed by atoms with Crippen LogP contribution in [0.3, 0.4) is 0 Å². The zero-order valence-corrected chi connectivity index (χ0v) is 25.5. The molecular formula is C35H38F3N5S. The number of thiophene rings is 1. The zero-order valence-electron chi connectivity index (χ0n) is 24.7. The Balaban J connectivity index is 0.951. The Hall–Kier alpha value is -3.53. The molecule has 2 aromatic carbocycles. The molecule has 0 radical (unpaired) electrons. The summed E-state index contributed by atoms with van der Waals surface area (Å²) in [5.41, 5.74) is 5.21. The Labute approximate surface area is 260 Å². The van der Waals surface area contributed by atoms with Gasteiger partial charge < -0.3 is 15.2 Å². The lowest BCUT2D eigenvalue weighted by Crippen LogP contribution is -2.26. The number of rotatable bonds is 13. The maximum atomic E-state index is 12.7. The molecule has 0 spiro atoms. The molecule has 2 unspecified atom stereocenters. The molecule has 6 rings (SSSR count). The largest absolute Gasteiger partial charge is 0.416 e. The summed E-state index contributed by atoms with van der Waals surface area (Å²) in [4.78, 5) is 10.3. The van der Waals surface area contributed by atoms with Gasteiger partial charge in [0, 0.05) is 34.3 Å². The third-order valence-corrected chi connectivity index (χ3v) is 9.60. The second kappa shape index (κ2) is 14.1. The fourth-order valence-corrected chi connectivity index (χ4v) is 7.19. The molecule has 1 aliphatic carbocycles. The summed E-state index contributed by atoms with van der Waals surface area (Å²) < 4.78 is 40.5. The molecule has 0 saturated heterocycles. The zero-order chi connectivity index (χ0) is 30.4. The van der Waals surface area contributed by atoms with Crippen molar-refractivity contribution < 1.29 is 13.2 Å². The van der Waals surface area contributed by atoms with Crippen LogP contribution in [0.25, 0.3) is 21.5 Å². The van der Waals surface area contributed by atoms with Crippen LogP contribution in [0.5, 0.6) is 0 Å². The molecule has 9 heteroatoms. The molecule has 2 atom stereocenters. The van der Waals surface area contributed by atoms with E-state index in [0.717, 1.165) is 87.0 Å². The van der Waals surface area contributed by atoms with Gasteiger partial charge in [0.05, 0.1) is 5.56 Å². The van der Waals surface area contributed by atoms with E-state index in [1.807, 2.05) is 6.20 Å². The quantitative estimate of drug-likeness (QED) is 0.132. The monoisotopic (exact) mass is 617 g/mol. The second-order valence-corrected chi connectivity index (χ2v) is 12.7. The third kappa shape index (κ3) is 7.57. The molecule has 0 aliphatic heterocycles. The summed E-state index contributed by atoms with van der Waals surface area (Å²) in [5.74, 6) is 0.634. The summed E-state index contributed by atoms with van der Waals surface area (Å²) in [6.07, 6.45) is 7.77. The molecule has 0 amide bonds. The van der Waals surface area contributed by atoms with Crippen molar-refractivity contribution in [1.29, 1.82) is 0 Å². The third-order valence-electron chi connectivity index (χ3n) is 8.58. The first-order valence-corrected chi connectivity index (χ1v) is 16.3. The minimum absolute atomic E-state index is 0.434. The fraction of sp³-hybridized carbons (Fsp3) is 0.371. The summed E-state index contributed by atoms with van der Waals surface area (Å²) in [5, 5.41) is 10.4. The Bertz CT molecular complexity index is 1630. The van der Waals surface area contributed by atoms with E-state index in [9.17, 15) is 13.2 Å². The highest BCUT2D eigenvalue weighted by atomic mass is 32.1. The molecule has 3 aromatic heterocycles. The van der Waals surface area contributed by atoms with Gasteiger partial charge in [-0.05, 0) is 111 Å². The van der Waals surface area contributed by atoms with E-state index in [1.165, 1.54) is 28.0 Å². The SMILES string of the molecule is FC(F)(F)c1ccc(CCNCCCNCC2CCC(n3cc(-c4cc(Cc5ccccc5)cs4)c4cncnc43)C2)cc1. The summed E-state index contributed by atoms with van der Waals surface area (Å²) in [6.45, 7) is 3.60. The maximum Gasteiger partial charge on any atom is 0.416 e. The highest BCUT2D eigenvalue weighted by Crippen LogP contribution is 2.40. The van der Waals surface area contributed by atoms with Crippen LogP contribution in [0.4, 0.5) is 13.2 Å². The van der Waals surface area contributed by atoms with Crippen molar-refractivity contribution in [2.45, 2.75) is 50.7 Å². The summed E-state index contributed by atoms with van der Waals surface area (Å²) in [7, 11) is 0. The van der Waals surface area contributed by atoms with E-state index >= 15 is 0 Å². The minimum atomic E-state index is -4.28. The predicted molar refractivity (Wildman–Crippen MR) is 172 cm³/mol. The molecule has 230 valence electrons. The number of aromatic nitrogens is 3. The van der Waals surface area contributed by atoms with Gasteiger partial charge in [0.25, 0.3) is 0 Å². The molecule has 3 heterocycles. The van der Waals surface area contributed by atoms with Crippen LogP contribution in [0.2, 0.25) is 0 Å². The molecule has 1 saturated carbocycles. The van der Waals surface area contributed by atoms with Gasteiger partial charge in [-0.2, -0.15) is 13.2 Å². The molecule has 44 heavy (non-hydrogen) atoms. The van der Waals surface area contributed by atoms with Crippen molar-refractivity contribution >= 4 is 22.4 Å². The highest BCUT2D eigenvalue weighted by molar-refractivity contribution is 7.13. The number of halogens is 3. The van der Waals surface area contributed by atoms with E-state index in [4.69, 9.17) is 4.98 Å². The lowest BCUT2D eigenvalue weighted by Gasteiger charge is -2.15. The Morgan fingerprint density at radius 3 is 2.55 bits per heavy atom. The van der Waals surface area contributed by atoms with E-state index in [1.54, 1.807) is 29.8 Å².